The fourth-order valence-electron chi connectivity index (χ4n) is 2.91. The van der Waals surface area contributed by atoms with Gasteiger partial charge in [0.15, 0.2) is 0 Å². The first-order valence-electron chi connectivity index (χ1n) is 8.57. The van der Waals surface area contributed by atoms with Crippen molar-refractivity contribution in [1.29, 1.82) is 0 Å². The molecule has 1 aliphatic heterocycles. The molecule has 0 aliphatic carbocycles. The van der Waals surface area contributed by atoms with Gasteiger partial charge in [-0.25, -0.2) is 0 Å². The first-order chi connectivity index (χ1) is 12.5. The van der Waals surface area contributed by atoms with E-state index in [1.165, 1.54) is 0 Å². The van der Waals surface area contributed by atoms with Gasteiger partial charge < -0.3 is 15.0 Å². The van der Waals surface area contributed by atoms with Crippen LogP contribution >= 0.6 is 11.6 Å². The molecule has 1 aliphatic rings. The number of fused-ring (bicyclic) bond motifs is 1. The van der Waals surface area contributed by atoms with Gasteiger partial charge in [-0.15, -0.1) is 0 Å². The molecule has 1 N–H and O–H groups in total. The molecule has 0 radical (unpaired) electrons. The van der Waals surface area contributed by atoms with Gasteiger partial charge in [-0.2, -0.15) is 0 Å². The maximum Gasteiger partial charge on any atom is 0.251 e. The van der Waals surface area contributed by atoms with E-state index >= 15 is 0 Å². The van der Waals surface area contributed by atoms with E-state index in [1.807, 2.05) is 38.1 Å². The number of hydrogen-bond donors (Lipinski definition) is 1. The Hall–Kier alpha value is -2.53. The zero-order chi connectivity index (χ0) is 18.7. The van der Waals surface area contributed by atoms with Crippen LogP contribution in [0.1, 0.15) is 24.2 Å². The van der Waals surface area contributed by atoms with Gasteiger partial charge in [0.1, 0.15) is 18.4 Å². The molecule has 1 heterocycles. The van der Waals surface area contributed by atoms with E-state index < -0.39 is 6.04 Å². The minimum absolute atomic E-state index is 0.0613. The Morgan fingerprint density at radius 3 is 2.50 bits per heavy atom. The van der Waals surface area contributed by atoms with Crippen LogP contribution in [-0.4, -0.2) is 31.0 Å². The Bertz CT molecular complexity index is 805. The number of benzene rings is 2. The lowest BCUT2D eigenvalue weighted by Gasteiger charge is -2.33. The summed E-state index contributed by atoms with van der Waals surface area (Å²) in [6.45, 7) is 4.71. The van der Waals surface area contributed by atoms with Gasteiger partial charge in [0.2, 0.25) is 5.91 Å². The van der Waals surface area contributed by atoms with Crippen molar-refractivity contribution >= 4 is 29.1 Å². The average molecular weight is 373 g/mol. The summed E-state index contributed by atoms with van der Waals surface area (Å²) >= 11 is 5.87. The third kappa shape index (κ3) is 3.83. The molecule has 3 rings (SSSR count). The largest absolute Gasteiger partial charge is 0.490 e. The number of rotatable bonds is 4. The molecule has 2 amide bonds. The summed E-state index contributed by atoms with van der Waals surface area (Å²) in [4.78, 5) is 27.4. The number of carbonyl (C=O) groups is 2. The zero-order valence-corrected chi connectivity index (χ0v) is 15.5. The number of para-hydroxylation sites is 2. The van der Waals surface area contributed by atoms with E-state index in [-0.39, 0.29) is 17.7 Å². The fourth-order valence-corrected chi connectivity index (χ4v) is 3.03. The van der Waals surface area contributed by atoms with Gasteiger partial charge in [0, 0.05) is 10.6 Å². The molecule has 0 saturated heterocycles. The molecule has 6 heteroatoms. The van der Waals surface area contributed by atoms with Crippen LogP contribution in [0, 0.1) is 5.92 Å². The fraction of sp³-hybridized carbons (Fsp3) is 0.300. The van der Waals surface area contributed by atoms with Crippen LogP contribution in [0.25, 0.3) is 0 Å². The van der Waals surface area contributed by atoms with Crippen LogP contribution in [0.5, 0.6) is 5.75 Å². The van der Waals surface area contributed by atoms with Crippen molar-refractivity contribution in [1.82, 2.24) is 5.32 Å². The smallest absolute Gasteiger partial charge is 0.251 e. The van der Waals surface area contributed by atoms with E-state index in [0.29, 0.717) is 29.5 Å². The Kier molecular flexibility index (Phi) is 5.47. The van der Waals surface area contributed by atoms with Crippen molar-refractivity contribution in [3.05, 3.63) is 59.1 Å². The van der Waals surface area contributed by atoms with Crippen molar-refractivity contribution in [2.45, 2.75) is 19.9 Å². The number of hydrogen-bond acceptors (Lipinski definition) is 3. The number of amides is 2. The quantitative estimate of drug-likeness (QED) is 0.893. The van der Waals surface area contributed by atoms with E-state index in [2.05, 4.69) is 5.32 Å². The summed E-state index contributed by atoms with van der Waals surface area (Å²) in [6, 6.07) is 13.4. The summed E-state index contributed by atoms with van der Waals surface area (Å²) in [6.07, 6.45) is 0. The molecule has 1 unspecified atom stereocenters. The second-order valence-electron chi connectivity index (χ2n) is 6.51. The highest BCUT2D eigenvalue weighted by molar-refractivity contribution is 6.30. The average Bonchev–Trinajstić information content (AvgIpc) is 2.65. The van der Waals surface area contributed by atoms with Crippen LogP contribution in [-0.2, 0) is 4.79 Å². The molecular weight excluding hydrogens is 352 g/mol. The SMILES string of the molecule is CC(C)C(NC(=O)c1ccc(Cl)cc1)C(=O)N1CCOc2ccccc21. The molecule has 0 fully saturated rings. The Morgan fingerprint density at radius 2 is 1.81 bits per heavy atom. The summed E-state index contributed by atoms with van der Waals surface area (Å²) in [5, 5.41) is 3.42. The minimum atomic E-state index is -0.635. The zero-order valence-electron chi connectivity index (χ0n) is 14.7. The predicted octanol–water partition coefficient (Wildman–Crippen LogP) is 3.52. The predicted molar refractivity (Wildman–Crippen MR) is 102 cm³/mol. The van der Waals surface area contributed by atoms with Crippen molar-refractivity contribution < 1.29 is 14.3 Å². The maximum absolute atomic E-state index is 13.2. The molecule has 0 bridgehead atoms. The van der Waals surface area contributed by atoms with E-state index in [0.717, 1.165) is 5.69 Å². The molecular formula is C20H21ClN2O3. The number of halogens is 1. The van der Waals surface area contributed by atoms with Crippen molar-refractivity contribution in [2.24, 2.45) is 5.92 Å². The van der Waals surface area contributed by atoms with Gasteiger partial charge in [-0.1, -0.05) is 37.6 Å². The molecule has 0 saturated carbocycles. The van der Waals surface area contributed by atoms with E-state index in [1.54, 1.807) is 29.2 Å². The van der Waals surface area contributed by atoms with Crippen LogP contribution < -0.4 is 15.0 Å². The Labute approximate surface area is 157 Å². The normalized spacial score (nSPS) is 14.4. The van der Waals surface area contributed by atoms with E-state index in [9.17, 15) is 9.59 Å². The summed E-state index contributed by atoms with van der Waals surface area (Å²) in [5.41, 5.74) is 1.20. The van der Waals surface area contributed by atoms with Crippen molar-refractivity contribution in [3.8, 4) is 5.75 Å². The Balaban J connectivity index is 1.81. The van der Waals surface area contributed by atoms with Crippen molar-refractivity contribution in [3.63, 3.8) is 0 Å². The number of nitrogens with zero attached hydrogens (tertiary/aromatic N) is 1. The molecule has 2 aromatic carbocycles. The van der Waals surface area contributed by atoms with Gasteiger partial charge in [0.05, 0.1) is 12.2 Å². The summed E-state index contributed by atoms with van der Waals surface area (Å²) < 4.78 is 5.61. The van der Waals surface area contributed by atoms with Crippen molar-refractivity contribution in [2.75, 3.05) is 18.1 Å². The van der Waals surface area contributed by atoms with Crippen LogP contribution in [0.4, 0.5) is 5.69 Å². The third-order valence-electron chi connectivity index (χ3n) is 4.32. The highest BCUT2D eigenvalue weighted by atomic mass is 35.5. The second kappa shape index (κ2) is 7.79. The number of carbonyl (C=O) groups excluding carboxylic acids is 2. The minimum Gasteiger partial charge on any atom is -0.490 e. The lowest BCUT2D eigenvalue weighted by molar-refractivity contribution is -0.121. The monoisotopic (exact) mass is 372 g/mol. The lowest BCUT2D eigenvalue weighted by Crippen LogP contribution is -2.53. The molecule has 0 aromatic heterocycles. The first kappa shape index (κ1) is 18.3. The molecule has 0 spiro atoms. The number of ether oxygens (including phenoxy) is 1. The topological polar surface area (TPSA) is 58.6 Å². The summed E-state index contributed by atoms with van der Waals surface area (Å²) in [5.74, 6) is 0.181. The van der Waals surface area contributed by atoms with Gasteiger partial charge in [0.25, 0.3) is 5.91 Å². The van der Waals surface area contributed by atoms with Gasteiger partial charge in [-0.05, 0) is 42.3 Å². The Morgan fingerprint density at radius 1 is 1.12 bits per heavy atom. The number of nitrogens with one attached hydrogen (secondary N) is 1. The lowest BCUT2D eigenvalue weighted by atomic mass is 10.0. The second-order valence-corrected chi connectivity index (χ2v) is 6.94. The van der Waals surface area contributed by atoms with Crippen LogP contribution in [0.15, 0.2) is 48.5 Å². The number of anilines is 1. The van der Waals surface area contributed by atoms with Gasteiger partial charge in [-0.3, -0.25) is 9.59 Å². The maximum atomic E-state index is 13.2. The third-order valence-corrected chi connectivity index (χ3v) is 4.57. The highest BCUT2D eigenvalue weighted by Gasteiger charge is 2.32. The molecule has 136 valence electrons. The standard InChI is InChI=1S/C20H21ClN2O3/c1-13(2)18(22-19(24)14-7-9-15(21)10-8-14)20(25)23-11-12-26-17-6-4-3-5-16(17)23/h3-10,13,18H,11-12H2,1-2H3,(H,22,24). The van der Waals surface area contributed by atoms with Gasteiger partial charge >= 0.3 is 0 Å². The highest BCUT2D eigenvalue weighted by Crippen LogP contribution is 2.31. The first-order valence-corrected chi connectivity index (χ1v) is 8.95. The summed E-state index contributed by atoms with van der Waals surface area (Å²) in [7, 11) is 0. The van der Waals surface area contributed by atoms with Crippen LogP contribution in [0.3, 0.4) is 0 Å². The molecule has 26 heavy (non-hydrogen) atoms. The van der Waals surface area contributed by atoms with Crippen LogP contribution in [0.2, 0.25) is 5.02 Å². The molecule has 5 nitrogen and oxygen atoms in total. The molecule has 2 aromatic rings. The van der Waals surface area contributed by atoms with E-state index in [4.69, 9.17) is 16.3 Å². The molecule has 1 atom stereocenters.